The predicted octanol–water partition coefficient (Wildman–Crippen LogP) is 4.68. The molecule has 156 valence electrons. The van der Waals surface area contributed by atoms with Gasteiger partial charge in [-0.05, 0) is 42.5 Å². The Morgan fingerprint density at radius 3 is 2.48 bits per heavy atom. The number of halogens is 1. The summed E-state index contributed by atoms with van der Waals surface area (Å²) in [6.07, 6.45) is 1.56. The largest absolute Gasteiger partial charge is 0.497 e. The van der Waals surface area contributed by atoms with Gasteiger partial charge in [-0.2, -0.15) is 0 Å². The standard InChI is InChI=1S/C24H17FO6/c1-28-15-8-7-14(20(12-15)29-2)11-22-23(26)18-10-9-16(13-21(18)31-22)30-24(27)17-5-3-4-6-19(17)25/h3-13H,1-2H3. The van der Waals surface area contributed by atoms with Crippen LogP contribution in [0.1, 0.15) is 26.3 Å². The molecular formula is C24H17FO6. The first kappa shape index (κ1) is 20.2. The minimum absolute atomic E-state index is 0.0936. The lowest BCUT2D eigenvalue weighted by molar-refractivity contribution is 0.0729. The maximum atomic E-state index is 13.8. The van der Waals surface area contributed by atoms with E-state index in [9.17, 15) is 14.0 Å². The third-order valence-electron chi connectivity index (χ3n) is 4.67. The van der Waals surface area contributed by atoms with Crippen molar-refractivity contribution in [1.29, 1.82) is 0 Å². The van der Waals surface area contributed by atoms with Crippen LogP contribution in [0.2, 0.25) is 0 Å². The number of benzene rings is 3. The Balaban J connectivity index is 1.58. The maximum absolute atomic E-state index is 13.8. The normalized spacial score (nSPS) is 13.5. The fraction of sp³-hybridized carbons (Fsp3) is 0.0833. The smallest absolute Gasteiger partial charge is 0.346 e. The molecule has 0 aliphatic carbocycles. The highest BCUT2D eigenvalue weighted by molar-refractivity contribution is 6.14. The highest BCUT2D eigenvalue weighted by Crippen LogP contribution is 2.36. The van der Waals surface area contributed by atoms with Gasteiger partial charge in [-0.15, -0.1) is 0 Å². The van der Waals surface area contributed by atoms with Crippen LogP contribution in [0.4, 0.5) is 4.39 Å². The summed E-state index contributed by atoms with van der Waals surface area (Å²) in [7, 11) is 3.06. The summed E-state index contributed by atoms with van der Waals surface area (Å²) in [4.78, 5) is 24.9. The van der Waals surface area contributed by atoms with E-state index in [1.807, 2.05) is 0 Å². The molecule has 0 saturated heterocycles. The van der Waals surface area contributed by atoms with Crippen molar-refractivity contribution in [1.82, 2.24) is 0 Å². The van der Waals surface area contributed by atoms with E-state index in [0.29, 0.717) is 22.6 Å². The van der Waals surface area contributed by atoms with Crippen molar-refractivity contribution in [3.63, 3.8) is 0 Å². The molecule has 0 amide bonds. The molecule has 0 fully saturated rings. The Morgan fingerprint density at radius 1 is 0.968 bits per heavy atom. The van der Waals surface area contributed by atoms with Gasteiger partial charge in [0.25, 0.3) is 0 Å². The van der Waals surface area contributed by atoms with Crippen LogP contribution < -0.4 is 18.9 Å². The van der Waals surface area contributed by atoms with Gasteiger partial charge in [-0.1, -0.05) is 12.1 Å². The molecule has 7 heteroatoms. The van der Waals surface area contributed by atoms with E-state index in [4.69, 9.17) is 18.9 Å². The Morgan fingerprint density at radius 2 is 1.74 bits per heavy atom. The summed E-state index contributed by atoms with van der Waals surface area (Å²) in [6.45, 7) is 0. The van der Waals surface area contributed by atoms with Gasteiger partial charge in [-0.3, -0.25) is 4.79 Å². The molecule has 0 bridgehead atoms. The number of ketones is 1. The quantitative estimate of drug-likeness (QED) is 0.339. The molecular weight excluding hydrogens is 403 g/mol. The fourth-order valence-corrected chi connectivity index (χ4v) is 3.10. The van der Waals surface area contributed by atoms with Crippen LogP contribution in [0.25, 0.3) is 6.08 Å². The zero-order chi connectivity index (χ0) is 22.0. The Hall–Kier alpha value is -4.13. The number of allylic oxidation sites excluding steroid dienone is 1. The molecule has 0 radical (unpaired) electrons. The third kappa shape index (κ3) is 3.98. The summed E-state index contributed by atoms with van der Waals surface area (Å²) in [5.74, 6) is -0.262. The number of rotatable bonds is 5. The zero-order valence-electron chi connectivity index (χ0n) is 16.7. The highest BCUT2D eigenvalue weighted by atomic mass is 19.1. The molecule has 1 aliphatic rings. The van der Waals surface area contributed by atoms with Crippen molar-refractivity contribution in [3.05, 3.63) is 88.9 Å². The number of carbonyl (C=O) groups excluding carboxylic acids is 2. The first-order valence-electron chi connectivity index (χ1n) is 9.27. The number of carbonyl (C=O) groups is 2. The van der Waals surface area contributed by atoms with Crippen molar-refractivity contribution in [2.75, 3.05) is 14.2 Å². The first-order chi connectivity index (χ1) is 15.0. The molecule has 0 saturated carbocycles. The molecule has 0 spiro atoms. The van der Waals surface area contributed by atoms with E-state index in [0.717, 1.165) is 0 Å². The number of methoxy groups -OCH3 is 2. The lowest BCUT2D eigenvalue weighted by atomic mass is 10.1. The van der Waals surface area contributed by atoms with Crippen LogP contribution in [-0.4, -0.2) is 26.0 Å². The Bertz CT molecular complexity index is 1210. The summed E-state index contributed by atoms with van der Waals surface area (Å²) < 4.78 is 35.2. The lowest BCUT2D eigenvalue weighted by Crippen LogP contribution is -2.10. The highest BCUT2D eigenvalue weighted by Gasteiger charge is 2.28. The molecule has 0 N–H and O–H groups in total. The molecule has 6 nitrogen and oxygen atoms in total. The van der Waals surface area contributed by atoms with Crippen LogP contribution in [0.5, 0.6) is 23.0 Å². The second kappa shape index (κ2) is 8.31. The second-order valence-electron chi connectivity index (χ2n) is 6.57. The average Bonchev–Trinajstić information content (AvgIpc) is 3.08. The van der Waals surface area contributed by atoms with Gasteiger partial charge in [0.1, 0.15) is 28.8 Å². The van der Waals surface area contributed by atoms with Gasteiger partial charge in [0, 0.05) is 17.7 Å². The van der Waals surface area contributed by atoms with Crippen LogP contribution in [0.15, 0.2) is 66.4 Å². The first-order valence-corrected chi connectivity index (χ1v) is 9.27. The molecule has 31 heavy (non-hydrogen) atoms. The third-order valence-corrected chi connectivity index (χ3v) is 4.67. The zero-order valence-corrected chi connectivity index (χ0v) is 16.7. The maximum Gasteiger partial charge on any atom is 0.346 e. The van der Waals surface area contributed by atoms with Gasteiger partial charge >= 0.3 is 5.97 Å². The topological polar surface area (TPSA) is 71.1 Å². The van der Waals surface area contributed by atoms with Gasteiger partial charge in [0.2, 0.25) is 5.78 Å². The predicted molar refractivity (Wildman–Crippen MR) is 110 cm³/mol. The Labute approximate surface area is 177 Å². The molecule has 1 heterocycles. The van der Waals surface area contributed by atoms with E-state index >= 15 is 0 Å². The van der Waals surface area contributed by atoms with Crippen LogP contribution in [0, 0.1) is 5.82 Å². The number of hydrogen-bond acceptors (Lipinski definition) is 6. The SMILES string of the molecule is COc1ccc(C=C2Oc3cc(OC(=O)c4ccccc4F)ccc3C2=O)c(OC)c1. The van der Waals surface area contributed by atoms with Crippen LogP contribution in [0.3, 0.4) is 0 Å². The van der Waals surface area contributed by atoms with Crippen molar-refractivity contribution in [3.8, 4) is 23.0 Å². The summed E-state index contributed by atoms with van der Waals surface area (Å²) in [6, 6.07) is 15.1. The Kier molecular flexibility index (Phi) is 5.41. The van der Waals surface area contributed by atoms with Crippen LogP contribution >= 0.6 is 0 Å². The van der Waals surface area contributed by atoms with Crippen LogP contribution in [-0.2, 0) is 0 Å². The molecule has 0 aromatic heterocycles. The van der Waals surface area contributed by atoms with Crippen molar-refractivity contribution < 1.29 is 32.9 Å². The minimum Gasteiger partial charge on any atom is -0.497 e. The number of esters is 1. The van der Waals surface area contributed by atoms with Crippen molar-refractivity contribution >= 4 is 17.8 Å². The number of hydrogen-bond donors (Lipinski definition) is 0. The monoisotopic (exact) mass is 420 g/mol. The van der Waals surface area contributed by atoms with E-state index in [1.54, 1.807) is 31.4 Å². The fourth-order valence-electron chi connectivity index (χ4n) is 3.10. The number of fused-ring (bicyclic) bond motifs is 1. The van der Waals surface area contributed by atoms with E-state index in [-0.39, 0.29) is 28.6 Å². The summed E-state index contributed by atoms with van der Waals surface area (Å²) in [5, 5.41) is 0. The molecule has 0 unspecified atom stereocenters. The molecule has 1 aliphatic heterocycles. The minimum atomic E-state index is -0.846. The molecule has 3 aromatic rings. The van der Waals surface area contributed by atoms with Gasteiger partial charge < -0.3 is 18.9 Å². The molecule has 0 atom stereocenters. The average molecular weight is 420 g/mol. The van der Waals surface area contributed by atoms with Crippen molar-refractivity contribution in [2.24, 2.45) is 0 Å². The lowest BCUT2D eigenvalue weighted by Gasteiger charge is -2.08. The van der Waals surface area contributed by atoms with Gasteiger partial charge in [-0.25, -0.2) is 9.18 Å². The summed E-state index contributed by atoms with van der Waals surface area (Å²) >= 11 is 0. The molecule has 3 aromatic carbocycles. The van der Waals surface area contributed by atoms with E-state index < -0.39 is 11.8 Å². The summed E-state index contributed by atoms with van der Waals surface area (Å²) in [5.41, 5.74) is 0.766. The van der Waals surface area contributed by atoms with Gasteiger partial charge in [0.15, 0.2) is 5.76 Å². The molecule has 4 rings (SSSR count). The van der Waals surface area contributed by atoms with Gasteiger partial charge in [0.05, 0.1) is 25.3 Å². The van der Waals surface area contributed by atoms with Crippen molar-refractivity contribution in [2.45, 2.75) is 0 Å². The van der Waals surface area contributed by atoms with E-state index in [2.05, 4.69) is 0 Å². The second-order valence-corrected chi connectivity index (χ2v) is 6.57. The van der Waals surface area contributed by atoms with E-state index in [1.165, 1.54) is 49.6 Å². The number of Topliss-reactive ketones (excluding diaryl/α,β-unsaturated/α-hetero) is 1. The number of ether oxygens (including phenoxy) is 4.